The number of carbonyl (C=O) groups is 2. The lowest BCUT2D eigenvalue weighted by Gasteiger charge is -2.30. The topological polar surface area (TPSA) is 66.8 Å². The third kappa shape index (κ3) is 3.19. The van der Waals surface area contributed by atoms with Gasteiger partial charge >= 0.3 is 5.97 Å². The molecule has 98 valence electrons. The van der Waals surface area contributed by atoms with Crippen LogP contribution in [0.25, 0.3) is 0 Å². The Hall–Kier alpha value is -1.10. The molecule has 1 saturated heterocycles. The highest BCUT2D eigenvalue weighted by atomic mass is 16.5. The highest BCUT2D eigenvalue weighted by Gasteiger charge is 2.38. The average molecular weight is 243 g/mol. The molecule has 1 rings (SSSR count). The average Bonchev–Trinajstić information content (AvgIpc) is 2.74. The van der Waals surface area contributed by atoms with Crippen molar-refractivity contribution in [1.82, 2.24) is 4.90 Å². The second-order valence-electron chi connectivity index (χ2n) is 4.79. The van der Waals surface area contributed by atoms with Gasteiger partial charge in [0, 0.05) is 26.6 Å². The smallest absolute Gasteiger partial charge is 0.303 e. The number of methoxy groups -OCH3 is 1. The summed E-state index contributed by atoms with van der Waals surface area (Å²) in [5, 5.41) is 8.72. The molecule has 0 saturated carbocycles. The lowest BCUT2D eigenvalue weighted by atomic mass is 10.0. The van der Waals surface area contributed by atoms with E-state index in [9.17, 15) is 9.59 Å². The quantitative estimate of drug-likeness (QED) is 0.786. The van der Waals surface area contributed by atoms with Crippen LogP contribution in [0.3, 0.4) is 0 Å². The number of aliphatic carboxylic acids is 1. The van der Waals surface area contributed by atoms with E-state index in [1.807, 2.05) is 6.92 Å². The highest BCUT2D eigenvalue weighted by molar-refractivity contribution is 5.85. The zero-order valence-corrected chi connectivity index (χ0v) is 10.7. The number of carboxylic acids is 1. The van der Waals surface area contributed by atoms with Crippen molar-refractivity contribution < 1.29 is 19.4 Å². The zero-order valence-electron chi connectivity index (χ0n) is 10.7. The number of ether oxygens (including phenoxy) is 1. The lowest BCUT2D eigenvalue weighted by Crippen LogP contribution is -2.47. The normalized spacial score (nSPS) is 23.5. The van der Waals surface area contributed by atoms with Gasteiger partial charge in [0.1, 0.15) is 5.60 Å². The van der Waals surface area contributed by atoms with Crippen molar-refractivity contribution in [2.45, 2.75) is 38.7 Å². The van der Waals surface area contributed by atoms with Crippen LogP contribution in [-0.4, -0.2) is 47.7 Å². The van der Waals surface area contributed by atoms with Crippen LogP contribution in [-0.2, 0) is 14.3 Å². The molecule has 17 heavy (non-hydrogen) atoms. The standard InChI is InChI=1S/C12H21NO4/c1-4-12(2,17-3)11(16)13-6-5-9(8-13)7-10(14)15/h9H,4-8H2,1-3H3,(H,14,15). The molecular formula is C12H21NO4. The molecule has 5 heteroatoms. The molecule has 5 nitrogen and oxygen atoms in total. The predicted molar refractivity (Wildman–Crippen MR) is 62.6 cm³/mol. The van der Waals surface area contributed by atoms with Crippen molar-refractivity contribution in [2.75, 3.05) is 20.2 Å². The molecule has 0 spiro atoms. The lowest BCUT2D eigenvalue weighted by molar-refractivity contribution is -0.152. The summed E-state index contributed by atoms with van der Waals surface area (Å²) in [4.78, 5) is 24.5. The van der Waals surface area contributed by atoms with Crippen molar-refractivity contribution in [3.05, 3.63) is 0 Å². The van der Waals surface area contributed by atoms with E-state index in [-0.39, 0.29) is 18.2 Å². The molecule has 1 N–H and O–H groups in total. The number of hydrogen-bond acceptors (Lipinski definition) is 3. The molecule has 1 heterocycles. The third-order valence-electron chi connectivity index (χ3n) is 3.61. The van der Waals surface area contributed by atoms with Gasteiger partial charge in [0.2, 0.25) is 0 Å². The van der Waals surface area contributed by atoms with E-state index in [1.54, 1.807) is 11.8 Å². The molecule has 0 aromatic carbocycles. The summed E-state index contributed by atoms with van der Waals surface area (Å²) in [6.07, 6.45) is 1.52. The second kappa shape index (κ2) is 5.49. The fraction of sp³-hybridized carbons (Fsp3) is 0.833. The SMILES string of the molecule is CCC(C)(OC)C(=O)N1CCC(CC(=O)O)C1. The van der Waals surface area contributed by atoms with Crippen LogP contribution in [0.5, 0.6) is 0 Å². The Labute approximate surface area is 102 Å². The molecule has 0 aromatic rings. The van der Waals surface area contributed by atoms with E-state index in [4.69, 9.17) is 9.84 Å². The van der Waals surface area contributed by atoms with Gasteiger partial charge in [-0.05, 0) is 25.7 Å². The largest absolute Gasteiger partial charge is 0.481 e. The van der Waals surface area contributed by atoms with Crippen molar-refractivity contribution in [3.63, 3.8) is 0 Å². The van der Waals surface area contributed by atoms with Gasteiger partial charge in [-0.3, -0.25) is 9.59 Å². The van der Waals surface area contributed by atoms with E-state index < -0.39 is 11.6 Å². The van der Waals surface area contributed by atoms with Crippen LogP contribution >= 0.6 is 0 Å². The van der Waals surface area contributed by atoms with E-state index in [2.05, 4.69) is 0 Å². The second-order valence-corrected chi connectivity index (χ2v) is 4.79. The fourth-order valence-corrected chi connectivity index (χ4v) is 2.15. The van der Waals surface area contributed by atoms with E-state index in [0.717, 1.165) is 6.42 Å². The van der Waals surface area contributed by atoms with Crippen molar-refractivity contribution in [2.24, 2.45) is 5.92 Å². The van der Waals surface area contributed by atoms with Gasteiger partial charge in [-0.15, -0.1) is 0 Å². The molecule has 0 aliphatic carbocycles. The summed E-state index contributed by atoms with van der Waals surface area (Å²) in [5.74, 6) is -0.751. The Kier molecular flexibility index (Phi) is 4.51. The molecule has 1 fully saturated rings. The van der Waals surface area contributed by atoms with E-state index >= 15 is 0 Å². The number of carboxylic acid groups (broad SMARTS) is 1. The number of likely N-dealkylation sites (tertiary alicyclic amines) is 1. The third-order valence-corrected chi connectivity index (χ3v) is 3.61. The van der Waals surface area contributed by atoms with Crippen molar-refractivity contribution in [1.29, 1.82) is 0 Å². The molecule has 1 aliphatic rings. The number of hydrogen-bond donors (Lipinski definition) is 1. The van der Waals surface area contributed by atoms with Gasteiger partial charge in [-0.25, -0.2) is 0 Å². The van der Waals surface area contributed by atoms with Crippen molar-refractivity contribution in [3.8, 4) is 0 Å². The van der Waals surface area contributed by atoms with Crippen LogP contribution in [0.1, 0.15) is 33.1 Å². The first-order chi connectivity index (χ1) is 7.92. The molecule has 1 amide bonds. The Morgan fingerprint density at radius 1 is 1.53 bits per heavy atom. The van der Waals surface area contributed by atoms with Crippen LogP contribution < -0.4 is 0 Å². The van der Waals surface area contributed by atoms with Gasteiger partial charge < -0.3 is 14.7 Å². The summed E-state index contributed by atoms with van der Waals surface area (Å²) in [5.41, 5.74) is -0.780. The van der Waals surface area contributed by atoms with Crippen LogP contribution in [0, 0.1) is 5.92 Å². The Morgan fingerprint density at radius 2 is 2.18 bits per heavy atom. The number of nitrogens with zero attached hydrogens (tertiary/aromatic N) is 1. The Bertz CT molecular complexity index is 299. The maximum Gasteiger partial charge on any atom is 0.303 e. The summed E-state index contributed by atoms with van der Waals surface area (Å²) < 4.78 is 5.27. The molecular weight excluding hydrogens is 222 g/mol. The van der Waals surface area contributed by atoms with Crippen molar-refractivity contribution >= 4 is 11.9 Å². The van der Waals surface area contributed by atoms with Gasteiger partial charge in [0.15, 0.2) is 0 Å². The minimum absolute atomic E-state index is 0.0320. The maximum absolute atomic E-state index is 12.2. The zero-order chi connectivity index (χ0) is 13.1. The van der Waals surface area contributed by atoms with Gasteiger partial charge in [-0.2, -0.15) is 0 Å². The Balaban J connectivity index is 2.59. The number of carbonyl (C=O) groups excluding carboxylic acids is 1. The van der Waals surface area contributed by atoms with Gasteiger partial charge in [0.25, 0.3) is 5.91 Å². The van der Waals surface area contributed by atoms with Crippen LogP contribution in [0.15, 0.2) is 0 Å². The number of rotatable bonds is 5. The first-order valence-corrected chi connectivity index (χ1v) is 5.99. The minimum Gasteiger partial charge on any atom is -0.481 e. The summed E-state index contributed by atoms with van der Waals surface area (Å²) in [6.45, 7) is 4.85. The monoisotopic (exact) mass is 243 g/mol. The number of amides is 1. The molecule has 1 aliphatic heterocycles. The Morgan fingerprint density at radius 3 is 2.65 bits per heavy atom. The molecule has 0 radical (unpaired) electrons. The van der Waals surface area contributed by atoms with E-state index in [0.29, 0.717) is 19.5 Å². The van der Waals surface area contributed by atoms with Gasteiger partial charge in [0.05, 0.1) is 0 Å². The molecule has 0 aromatic heterocycles. The first-order valence-electron chi connectivity index (χ1n) is 5.99. The molecule has 0 bridgehead atoms. The summed E-state index contributed by atoms with van der Waals surface area (Å²) in [7, 11) is 1.53. The minimum atomic E-state index is -0.797. The summed E-state index contributed by atoms with van der Waals surface area (Å²) in [6, 6.07) is 0. The van der Waals surface area contributed by atoms with E-state index in [1.165, 1.54) is 7.11 Å². The molecule has 2 atom stereocenters. The molecule has 2 unspecified atom stereocenters. The fourth-order valence-electron chi connectivity index (χ4n) is 2.15. The first kappa shape index (κ1) is 14.0. The van der Waals surface area contributed by atoms with Crippen LogP contribution in [0.4, 0.5) is 0 Å². The van der Waals surface area contributed by atoms with Gasteiger partial charge in [-0.1, -0.05) is 6.92 Å². The summed E-state index contributed by atoms with van der Waals surface area (Å²) >= 11 is 0. The predicted octanol–water partition coefficient (Wildman–Crippen LogP) is 1.12. The maximum atomic E-state index is 12.2. The highest BCUT2D eigenvalue weighted by Crippen LogP contribution is 2.25. The van der Waals surface area contributed by atoms with Crippen LogP contribution in [0.2, 0.25) is 0 Å².